The number of phosphoric acid groups is 1. The lowest BCUT2D eigenvalue weighted by Crippen LogP contribution is -2.29. The summed E-state index contributed by atoms with van der Waals surface area (Å²) in [7, 11) is -4.39. The molecular formula is C41H74NO8P. The third-order valence-electron chi connectivity index (χ3n) is 8.19. The van der Waals surface area contributed by atoms with Gasteiger partial charge in [0.15, 0.2) is 6.10 Å². The fourth-order valence-corrected chi connectivity index (χ4v) is 5.93. The maximum atomic E-state index is 12.5. The van der Waals surface area contributed by atoms with Gasteiger partial charge in [0.05, 0.1) is 13.2 Å². The number of rotatable bonds is 37. The summed E-state index contributed by atoms with van der Waals surface area (Å²) < 4.78 is 32.6. The molecule has 0 heterocycles. The lowest BCUT2D eigenvalue weighted by atomic mass is 10.1. The Labute approximate surface area is 311 Å². The van der Waals surface area contributed by atoms with E-state index in [1.54, 1.807) is 0 Å². The molecule has 10 heteroatoms. The fraction of sp³-hybridized carbons (Fsp3) is 0.756. The van der Waals surface area contributed by atoms with E-state index in [1.165, 1.54) is 64.2 Å². The molecule has 0 aromatic rings. The summed E-state index contributed by atoms with van der Waals surface area (Å²) in [5, 5.41) is 0. The molecule has 1 unspecified atom stereocenters. The summed E-state index contributed by atoms with van der Waals surface area (Å²) in [4.78, 5) is 34.7. The summed E-state index contributed by atoms with van der Waals surface area (Å²) in [5.41, 5.74) is 5.33. The van der Waals surface area contributed by atoms with E-state index in [0.29, 0.717) is 12.8 Å². The van der Waals surface area contributed by atoms with Crippen molar-refractivity contribution < 1.29 is 37.6 Å². The molecule has 0 amide bonds. The number of nitrogens with two attached hydrogens (primary N) is 1. The zero-order valence-electron chi connectivity index (χ0n) is 32.3. The van der Waals surface area contributed by atoms with E-state index in [-0.39, 0.29) is 32.6 Å². The van der Waals surface area contributed by atoms with Crippen LogP contribution in [0.4, 0.5) is 0 Å². The molecule has 296 valence electrons. The van der Waals surface area contributed by atoms with Gasteiger partial charge in [-0.2, -0.15) is 0 Å². The van der Waals surface area contributed by atoms with E-state index in [4.69, 9.17) is 24.3 Å². The maximum Gasteiger partial charge on any atom is 0.472 e. The van der Waals surface area contributed by atoms with Crippen LogP contribution in [-0.4, -0.2) is 49.3 Å². The largest absolute Gasteiger partial charge is 0.472 e. The molecule has 0 spiro atoms. The van der Waals surface area contributed by atoms with Crippen LogP contribution in [0.2, 0.25) is 0 Å². The molecule has 0 rings (SSSR count). The number of hydrogen-bond acceptors (Lipinski definition) is 8. The van der Waals surface area contributed by atoms with Crippen molar-refractivity contribution in [3.8, 4) is 0 Å². The molecule has 0 saturated carbocycles. The van der Waals surface area contributed by atoms with E-state index < -0.39 is 32.5 Å². The highest BCUT2D eigenvalue weighted by molar-refractivity contribution is 7.47. The number of unbranched alkanes of at least 4 members (excludes halogenated alkanes) is 16. The van der Waals surface area contributed by atoms with Gasteiger partial charge in [-0.15, -0.1) is 0 Å². The van der Waals surface area contributed by atoms with E-state index in [2.05, 4.69) is 62.5 Å². The zero-order valence-corrected chi connectivity index (χ0v) is 33.2. The van der Waals surface area contributed by atoms with Crippen LogP contribution in [0.15, 0.2) is 48.6 Å². The molecule has 0 aliphatic rings. The molecular weight excluding hydrogens is 665 g/mol. The molecule has 2 atom stereocenters. The topological polar surface area (TPSA) is 134 Å². The van der Waals surface area contributed by atoms with Gasteiger partial charge in [0.1, 0.15) is 6.61 Å². The maximum absolute atomic E-state index is 12.5. The van der Waals surface area contributed by atoms with E-state index in [0.717, 1.165) is 64.2 Å². The first kappa shape index (κ1) is 49.0. The first-order valence-electron chi connectivity index (χ1n) is 20.1. The van der Waals surface area contributed by atoms with Crippen molar-refractivity contribution in [1.82, 2.24) is 0 Å². The van der Waals surface area contributed by atoms with Gasteiger partial charge in [-0.1, -0.05) is 127 Å². The van der Waals surface area contributed by atoms with Gasteiger partial charge in [-0.3, -0.25) is 18.6 Å². The van der Waals surface area contributed by atoms with Crippen molar-refractivity contribution in [2.75, 3.05) is 26.4 Å². The first-order valence-corrected chi connectivity index (χ1v) is 21.6. The Bertz CT molecular complexity index is 981. The second-order valence-electron chi connectivity index (χ2n) is 13.1. The van der Waals surface area contributed by atoms with Gasteiger partial charge in [0.25, 0.3) is 0 Å². The normalized spacial score (nSPS) is 13.9. The minimum atomic E-state index is -4.39. The predicted molar refractivity (Wildman–Crippen MR) is 210 cm³/mol. The summed E-state index contributed by atoms with van der Waals surface area (Å²) >= 11 is 0. The Morgan fingerprint density at radius 3 is 1.61 bits per heavy atom. The molecule has 51 heavy (non-hydrogen) atoms. The molecule has 9 nitrogen and oxygen atoms in total. The van der Waals surface area contributed by atoms with Gasteiger partial charge in [0, 0.05) is 19.4 Å². The molecule has 3 N–H and O–H groups in total. The van der Waals surface area contributed by atoms with Gasteiger partial charge in [0.2, 0.25) is 0 Å². The molecule has 0 saturated heterocycles. The van der Waals surface area contributed by atoms with Gasteiger partial charge in [-0.25, -0.2) is 4.57 Å². The van der Waals surface area contributed by atoms with Crippen molar-refractivity contribution in [3.05, 3.63) is 48.6 Å². The molecule has 0 aromatic carbocycles. The molecule has 0 fully saturated rings. The Hall–Kier alpha value is -2.03. The smallest absolute Gasteiger partial charge is 0.462 e. The Morgan fingerprint density at radius 2 is 1.02 bits per heavy atom. The summed E-state index contributed by atoms with van der Waals surface area (Å²) in [6, 6.07) is 0. The Balaban J connectivity index is 4.29. The van der Waals surface area contributed by atoms with Crippen LogP contribution < -0.4 is 5.73 Å². The predicted octanol–water partition coefficient (Wildman–Crippen LogP) is 11.2. The molecule has 0 radical (unpaired) electrons. The van der Waals surface area contributed by atoms with Crippen molar-refractivity contribution in [3.63, 3.8) is 0 Å². The molecule has 0 aliphatic heterocycles. The summed E-state index contributed by atoms with van der Waals surface area (Å²) in [6.45, 7) is 3.63. The number of allylic oxidation sites excluding steroid dienone is 8. The van der Waals surface area contributed by atoms with Crippen LogP contribution >= 0.6 is 7.82 Å². The number of hydrogen-bond donors (Lipinski definition) is 2. The average Bonchev–Trinajstić information content (AvgIpc) is 3.11. The monoisotopic (exact) mass is 740 g/mol. The van der Waals surface area contributed by atoms with Crippen molar-refractivity contribution in [2.45, 2.75) is 174 Å². The second kappa shape index (κ2) is 37.7. The van der Waals surface area contributed by atoms with Crippen LogP contribution in [0, 0.1) is 0 Å². The number of carbonyl (C=O) groups excluding carboxylic acids is 2. The highest BCUT2D eigenvalue weighted by Gasteiger charge is 2.25. The van der Waals surface area contributed by atoms with Gasteiger partial charge < -0.3 is 20.1 Å². The van der Waals surface area contributed by atoms with Crippen molar-refractivity contribution in [1.29, 1.82) is 0 Å². The molecule has 0 aliphatic carbocycles. The van der Waals surface area contributed by atoms with Crippen LogP contribution in [0.3, 0.4) is 0 Å². The zero-order chi connectivity index (χ0) is 37.5. The van der Waals surface area contributed by atoms with Gasteiger partial charge in [-0.05, 0) is 77.0 Å². The third kappa shape index (κ3) is 37.5. The number of phosphoric ester groups is 1. The summed E-state index contributed by atoms with van der Waals surface area (Å²) in [5.74, 6) is -0.886. The number of esters is 2. The van der Waals surface area contributed by atoms with E-state index in [1.807, 2.05) is 0 Å². The lowest BCUT2D eigenvalue weighted by Gasteiger charge is -2.19. The molecule has 0 aromatic heterocycles. The minimum absolute atomic E-state index is 0.0447. The average molecular weight is 740 g/mol. The third-order valence-corrected chi connectivity index (χ3v) is 9.17. The Morgan fingerprint density at radius 1 is 0.588 bits per heavy atom. The van der Waals surface area contributed by atoms with Gasteiger partial charge >= 0.3 is 19.8 Å². The number of ether oxygens (including phenoxy) is 2. The first-order chi connectivity index (χ1) is 24.8. The fourth-order valence-electron chi connectivity index (χ4n) is 5.16. The Kier molecular flexibility index (Phi) is 36.2. The quantitative estimate of drug-likeness (QED) is 0.0276. The van der Waals surface area contributed by atoms with Crippen molar-refractivity contribution in [2.24, 2.45) is 5.73 Å². The van der Waals surface area contributed by atoms with Crippen LogP contribution in [-0.2, 0) is 32.7 Å². The lowest BCUT2D eigenvalue weighted by molar-refractivity contribution is -0.161. The molecule has 0 bridgehead atoms. The van der Waals surface area contributed by atoms with Crippen LogP contribution in [0.25, 0.3) is 0 Å². The standard InChI is InChI=1S/C41H74NO8P/c1-3-5-7-9-11-13-15-17-19-21-23-25-27-29-31-33-40(43)47-37-39(38-49-51(45,46)48-36-35-42)50-41(44)34-32-30-28-26-24-22-20-18-16-14-12-10-8-6-4-2/h12,14,17-20,24,26,39H,3-11,13,15-16,21-23,25,27-38,42H2,1-2H3,(H,45,46)/b14-12-,19-17-,20-18-,26-24-/t39-/m1/s1. The van der Waals surface area contributed by atoms with Crippen molar-refractivity contribution >= 4 is 19.8 Å². The summed E-state index contributed by atoms with van der Waals surface area (Å²) in [6.07, 6.45) is 41.4. The minimum Gasteiger partial charge on any atom is -0.462 e. The van der Waals surface area contributed by atoms with E-state index in [9.17, 15) is 19.0 Å². The highest BCUT2D eigenvalue weighted by Crippen LogP contribution is 2.43. The van der Waals surface area contributed by atoms with Crippen LogP contribution in [0.1, 0.15) is 168 Å². The second-order valence-corrected chi connectivity index (χ2v) is 14.6. The number of carbonyl (C=O) groups is 2. The van der Waals surface area contributed by atoms with E-state index >= 15 is 0 Å². The van der Waals surface area contributed by atoms with Crippen LogP contribution in [0.5, 0.6) is 0 Å². The SMILES string of the molecule is CCCCC/C=C\C/C=C\C/C=C\CCCCC(=O)O[C@H](COC(=O)CCCCCCC/C=C\CCCCCCCC)COP(=O)(O)OCCN. The highest BCUT2D eigenvalue weighted by atomic mass is 31.2.